The second-order valence-electron chi connectivity index (χ2n) is 13.1. The molecule has 0 bridgehead atoms. The maximum absolute atomic E-state index is 14.1. The second kappa shape index (κ2) is 17.6. The number of hydrogen-bond donors (Lipinski definition) is 3. The zero-order valence-corrected chi connectivity index (χ0v) is 28.6. The van der Waals surface area contributed by atoms with Crippen molar-refractivity contribution in [2.75, 3.05) is 20.1 Å². The Bertz CT molecular complexity index is 1520. The predicted molar refractivity (Wildman–Crippen MR) is 191 cm³/mol. The van der Waals surface area contributed by atoms with Crippen molar-refractivity contribution in [2.24, 2.45) is 5.92 Å². The van der Waals surface area contributed by atoms with Gasteiger partial charge in [0.05, 0.1) is 12.6 Å². The van der Waals surface area contributed by atoms with E-state index < -0.39 is 18.1 Å². The summed E-state index contributed by atoms with van der Waals surface area (Å²) >= 11 is 0. The van der Waals surface area contributed by atoms with Crippen LogP contribution in [0.15, 0.2) is 103 Å². The first-order valence-electron chi connectivity index (χ1n) is 17.5. The highest BCUT2D eigenvalue weighted by atomic mass is 16.2. The summed E-state index contributed by atoms with van der Waals surface area (Å²) in [4.78, 5) is 57.4. The molecule has 3 aromatic carbocycles. The molecule has 0 spiro atoms. The van der Waals surface area contributed by atoms with Gasteiger partial charge in [0.25, 0.3) is 0 Å². The maximum atomic E-state index is 14.1. The molecule has 1 fully saturated rings. The lowest BCUT2D eigenvalue weighted by Gasteiger charge is -2.37. The molecule has 9 nitrogen and oxygen atoms in total. The molecule has 9 heteroatoms. The van der Waals surface area contributed by atoms with Crippen molar-refractivity contribution in [3.05, 3.63) is 120 Å². The Morgan fingerprint density at radius 2 is 1.39 bits per heavy atom. The number of carbonyl (C=O) groups excluding carboxylic acids is 4. The van der Waals surface area contributed by atoms with E-state index in [0.717, 1.165) is 37.7 Å². The minimum Gasteiger partial charge on any atom is -0.345 e. The summed E-state index contributed by atoms with van der Waals surface area (Å²) in [5, 5.41) is 8.65. The van der Waals surface area contributed by atoms with Crippen LogP contribution in [0.2, 0.25) is 0 Å². The summed E-state index contributed by atoms with van der Waals surface area (Å²) in [5.74, 6) is -1.09. The number of hydrogen-bond acceptors (Lipinski definition) is 5. The first-order chi connectivity index (χ1) is 23.9. The fourth-order valence-electron chi connectivity index (χ4n) is 6.91. The minimum absolute atomic E-state index is 0.00306. The Hall–Kier alpha value is -4.76. The Morgan fingerprint density at radius 1 is 0.796 bits per heavy atom. The van der Waals surface area contributed by atoms with E-state index in [-0.39, 0.29) is 42.0 Å². The van der Waals surface area contributed by atoms with Gasteiger partial charge in [-0.05, 0) is 55.8 Å². The summed E-state index contributed by atoms with van der Waals surface area (Å²) in [6.45, 7) is 1.93. The van der Waals surface area contributed by atoms with Crippen LogP contribution in [0.5, 0.6) is 0 Å². The molecule has 0 radical (unpaired) electrons. The van der Waals surface area contributed by atoms with Crippen LogP contribution in [0, 0.1) is 5.92 Å². The van der Waals surface area contributed by atoms with Crippen molar-refractivity contribution in [1.29, 1.82) is 0 Å². The molecular weight excluding hydrogens is 614 g/mol. The first-order valence-corrected chi connectivity index (χ1v) is 17.5. The van der Waals surface area contributed by atoms with Crippen LogP contribution in [0.25, 0.3) is 0 Å². The number of rotatable bonds is 14. The van der Waals surface area contributed by atoms with Gasteiger partial charge in [0, 0.05) is 31.3 Å². The molecule has 0 saturated heterocycles. The lowest BCUT2D eigenvalue weighted by molar-refractivity contribution is -0.143. The number of nitrogens with zero attached hydrogens (tertiary/aromatic N) is 2. The van der Waals surface area contributed by atoms with Gasteiger partial charge >= 0.3 is 0 Å². The van der Waals surface area contributed by atoms with Crippen molar-refractivity contribution in [3.63, 3.8) is 0 Å². The van der Waals surface area contributed by atoms with E-state index in [2.05, 4.69) is 40.2 Å². The van der Waals surface area contributed by atoms with E-state index in [0.29, 0.717) is 19.4 Å². The van der Waals surface area contributed by atoms with Crippen molar-refractivity contribution >= 4 is 23.6 Å². The van der Waals surface area contributed by atoms with Crippen molar-refractivity contribution in [2.45, 2.75) is 75.9 Å². The molecule has 3 atom stereocenters. The molecule has 3 N–H and O–H groups in total. The fraction of sp³-hybridized carbons (Fsp3) is 0.400. The molecule has 1 saturated carbocycles. The van der Waals surface area contributed by atoms with Crippen LogP contribution < -0.4 is 16.0 Å². The van der Waals surface area contributed by atoms with Crippen molar-refractivity contribution < 1.29 is 19.2 Å². The van der Waals surface area contributed by atoms with Crippen molar-refractivity contribution in [3.8, 4) is 0 Å². The lowest BCUT2D eigenvalue weighted by atomic mass is 9.83. The molecule has 4 amide bonds. The van der Waals surface area contributed by atoms with Crippen LogP contribution in [-0.2, 0) is 25.6 Å². The molecule has 5 rings (SSSR count). The molecule has 3 aromatic rings. The summed E-state index contributed by atoms with van der Waals surface area (Å²) in [7, 11) is 1.70. The Morgan fingerprint density at radius 3 is 1.98 bits per heavy atom. The molecule has 0 aromatic heterocycles. The van der Waals surface area contributed by atoms with E-state index in [1.54, 1.807) is 31.3 Å². The molecule has 1 aliphatic heterocycles. The summed E-state index contributed by atoms with van der Waals surface area (Å²) in [6, 6.07) is 28.3. The van der Waals surface area contributed by atoms with Crippen LogP contribution in [0.3, 0.4) is 0 Å². The van der Waals surface area contributed by atoms with Gasteiger partial charge in [-0.2, -0.15) is 0 Å². The molecular formula is C40H49N5O4. The molecule has 1 aliphatic carbocycles. The van der Waals surface area contributed by atoms with Gasteiger partial charge in [-0.3, -0.25) is 19.2 Å². The highest BCUT2D eigenvalue weighted by Gasteiger charge is 2.36. The fourth-order valence-corrected chi connectivity index (χ4v) is 6.91. The van der Waals surface area contributed by atoms with Crippen molar-refractivity contribution in [1.82, 2.24) is 25.8 Å². The number of likely N-dealkylation sites (N-methyl/N-ethyl adjacent to an activating group) is 1. The van der Waals surface area contributed by atoms with E-state index in [4.69, 9.17) is 0 Å². The number of benzene rings is 3. The third-order valence-electron chi connectivity index (χ3n) is 9.88. The SMILES string of the molecule is CN[C@@H](C)C(=O)N[C@H](C(=O)NCC(=O)N1C=CN(CCC(c2ccccc2)c2ccccc2)C(=O)[C@@H]1Cc1ccccc1)C1CCCCC1. The maximum Gasteiger partial charge on any atom is 0.250 e. The Kier molecular flexibility index (Phi) is 12.8. The normalized spacial score (nSPS) is 17.9. The topological polar surface area (TPSA) is 111 Å². The summed E-state index contributed by atoms with van der Waals surface area (Å²) < 4.78 is 0. The standard InChI is InChI=1S/C40H49N5O4/c1-29(41-2)38(47)43-37(33-21-13-6-14-22-33)39(48)42-28-36(46)45-26-25-44(40(49)35(45)27-30-15-7-3-8-16-30)24-23-34(31-17-9-4-10-18-31)32-19-11-5-12-20-32/h3-5,7-12,15-20,25-26,29,33-35,37,41H,6,13-14,21-24,27-28H2,1-2H3,(H,42,48)(H,43,47)/t29-,35-,37-/m0/s1. The third-order valence-corrected chi connectivity index (χ3v) is 9.88. The van der Waals surface area contributed by atoms with E-state index in [1.807, 2.05) is 66.7 Å². The third kappa shape index (κ3) is 9.44. The highest BCUT2D eigenvalue weighted by Crippen LogP contribution is 2.30. The summed E-state index contributed by atoms with van der Waals surface area (Å²) in [6.07, 6.45) is 9.18. The molecule has 1 heterocycles. The van der Waals surface area contributed by atoms with Crippen LogP contribution in [0.4, 0.5) is 0 Å². The highest BCUT2D eigenvalue weighted by molar-refractivity contribution is 5.94. The zero-order valence-electron chi connectivity index (χ0n) is 28.6. The van der Waals surface area contributed by atoms with Gasteiger partial charge in [0.1, 0.15) is 12.1 Å². The monoisotopic (exact) mass is 663 g/mol. The van der Waals surface area contributed by atoms with E-state index >= 15 is 0 Å². The average Bonchev–Trinajstić information content (AvgIpc) is 3.15. The lowest BCUT2D eigenvalue weighted by Crippen LogP contribution is -2.57. The predicted octanol–water partition coefficient (Wildman–Crippen LogP) is 4.75. The Balaban J connectivity index is 1.31. The quantitative estimate of drug-likeness (QED) is 0.231. The van der Waals surface area contributed by atoms with Gasteiger partial charge in [-0.25, -0.2) is 0 Å². The zero-order chi connectivity index (χ0) is 34.6. The molecule has 49 heavy (non-hydrogen) atoms. The average molecular weight is 664 g/mol. The van der Waals surface area contributed by atoms with Gasteiger partial charge in [-0.1, -0.05) is 110 Å². The second-order valence-corrected chi connectivity index (χ2v) is 13.1. The number of amides is 4. The van der Waals surface area contributed by atoms with Gasteiger partial charge < -0.3 is 25.8 Å². The van der Waals surface area contributed by atoms with Crippen LogP contribution in [0.1, 0.15) is 68.1 Å². The number of nitrogens with one attached hydrogen (secondary N) is 3. The Labute approximate surface area is 290 Å². The van der Waals surface area contributed by atoms with Gasteiger partial charge in [-0.15, -0.1) is 0 Å². The smallest absolute Gasteiger partial charge is 0.250 e. The van der Waals surface area contributed by atoms with Gasteiger partial charge in [0.15, 0.2) is 0 Å². The molecule has 0 unspecified atom stereocenters. The molecule has 2 aliphatic rings. The minimum atomic E-state index is -0.769. The number of carbonyl (C=O) groups is 4. The van der Waals surface area contributed by atoms with Gasteiger partial charge in [0.2, 0.25) is 23.6 Å². The summed E-state index contributed by atoms with van der Waals surface area (Å²) in [5.41, 5.74) is 3.29. The van der Waals surface area contributed by atoms with Crippen LogP contribution >= 0.6 is 0 Å². The largest absolute Gasteiger partial charge is 0.345 e. The van der Waals surface area contributed by atoms with E-state index in [1.165, 1.54) is 16.0 Å². The van der Waals surface area contributed by atoms with E-state index in [9.17, 15) is 19.2 Å². The first kappa shape index (κ1) is 35.5. The van der Waals surface area contributed by atoms with Crippen LogP contribution in [-0.4, -0.2) is 71.7 Å². The molecule has 258 valence electrons.